The van der Waals surface area contributed by atoms with Crippen molar-refractivity contribution in [1.29, 1.82) is 0 Å². The third-order valence-corrected chi connectivity index (χ3v) is 3.93. The molecule has 3 nitrogen and oxygen atoms in total. The fourth-order valence-corrected chi connectivity index (χ4v) is 2.70. The van der Waals surface area contributed by atoms with Crippen molar-refractivity contribution in [2.24, 2.45) is 0 Å². The molecule has 1 heterocycles. The van der Waals surface area contributed by atoms with E-state index in [4.69, 9.17) is 0 Å². The van der Waals surface area contributed by atoms with E-state index < -0.39 is 5.82 Å². The summed E-state index contributed by atoms with van der Waals surface area (Å²) in [6.45, 7) is 4.16. The summed E-state index contributed by atoms with van der Waals surface area (Å²) >= 11 is 3.20. The number of halogens is 2. The third-order valence-electron chi connectivity index (χ3n) is 3.43. The molecule has 1 aromatic rings. The lowest BCUT2D eigenvalue weighted by Crippen LogP contribution is -2.41. The second-order valence-corrected chi connectivity index (χ2v) is 5.68. The monoisotopic (exact) mass is 328 g/mol. The number of hydrogen-bond donors (Lipinski definition) is 1. The first-order valence-corrected chi connectivity index (χ1v) is 7.39. The van der Waals surface area contributed by atoms with Gasteiger partial charge in [0.25, 0.3) is 5.91 Å². The number of carbonyl (C=O) groups excluding carboxylic acids is 1. The largest absolute Gasteiger partial charge is 0.337 e. The van der Waals surface area contributed by atoms with Crippen LogP contribution in [-0.2, 0) is 0 Å². The highest BCUT2D eigenvalue weighted by Crippen LogP contribution is 2.17. The molecule has 1 amide bonds. The molecule has 1 atom stereocenters. The van der Waals surface area contributed by atoms with E-state index in [0.717, 1.165) is 19.4 Å². The maximum Gasteiger partial charge on any atom is 0.256 e. The molecule has 0 aliphatic carbocycles. The van der Waals surface area contributed by atoms with Crippen LogP contribution >= 0.6 is 15.9 Å². The van der Waals surface area contributed by atoms with Crippen molar-refractivity contribution in [2.75, 3.05) is 19.6 Å². The molecule has 1 aliphatic heterocycles. The Morgan fingerprint density at radius 1 is 1.58 bits per heavy atom. The van der Waals surface area contributed by atoms with Crippen LogP contribution in [0.25, 0.3) is 0 Å². The highest BCUT2D eigenvalue weighted by atomic mass is 79.9. The molecule has 104 valence electrons. The number of carbonyl (C=O) groups is 1. The van der Waals surface area contributed by atoms with Gasteiger partial charge in [-0.3, -0.25) is 4.79 Å². The van der Waals surface area contributed by atoms with Gasteiger partial charge in [0, 0.05) is 23.6 Å². The fourth-order valence-electron chi connectivity index (χ4n) is 2.37. The van der Waals surface area contributed by atoms with Gasteiger partial charge in [-0.2, -0.15) is 0 Å². The van der Waals surface area contributed by atoms with Gasteiger partial charge in [-0.25, -0.2) is 4.39 Å². The van der Waals surface area contributed by atoms with Crippen molar-refractivity contribution < 1.29 is 9.18 Å². The Morgan fingerprint density at radius 2 is 2.37 bits per heavy atom. The van der Waals surface area contributed by atoms with Gasteiger partial charge in [0.05, 0.1) is 5.56 Å². The minimum Gasteiger partial charge on any atom is -0.337 e. The molecule has 1 unspecified atom stereocenters. The van der Waals surface area contributed by atoms with Gasteiger partial charge < -0.3 is 10.2 Å². The van der Waals surface area contributed by atoms with Crippen molar-refractivity contribution in [3.05, 3.63) is 34.1 Å². The highest BCUT2D eigenvalue weighted by molar-refractivity contribution is 9.10. The maximum absolute atomic E-state index is 13.8. The van der Waals surface area contributed by atoms with Crippen LogP contribution in [0.1, 0.15) is 30.1 Å². The Morgan fingerprint density at radius 3 is 2.95 bits per heavy atom. The van der Waals surface area contributed by atoms with E-state index in [1.807, 2.05) is 6.92 Å². The van der Waals surface area contributed by atoms with Gasteiger partial charge in [-0.15, -0.1) is 0 Å². The molecule has 0 aromatic heterocycles. The third kappa shape index (κ3) is 3.54. The molecule has 1 aromatic carbocycles. The normalized spacial score (nSPS) is 18.6. The van der Waals surface area contributed by atoms with Crippen LogP contribution in [0.3, 0.4) is 0 Å². The molecule has 1 fully saturated rings. The lowest BCUT2D eigenvalue weighted by Gasteiger charge is -2.24. The summed E-state index contributed by atoms with van der Waals surface area (Å²) in [6.07, 6.45) is 2.22. The molecule has 0 saturated carbocycles. The lowest BCUT2D eigenvalue weighted by molar-refractivity contribution is 0.0746. The highest BCUT2D eigenvalue weighted by Gasteiger charge is 2.23. The predicted molar refractivity (Wildman–Crippen MR) is 76.7 cm³/mol. The number of nitrogens with one attached hydrogen (secondary N) is 1. The number of likely N-dealkylation sites (N-methyl/N-ethyl adjacent to an activating group) is 1. The molecule has 1 saturated heterocycles. The summed E-state index contributed by atoms with van der Waals surface area (Å²) in [5.41, 5.74) is 0.142. The van der Waals surface area contributed by atoms with Crippen molar-refractivity contribution in [3.63, 3.8) is 0 Å². The van der Waals surface area contributed by atoms with Gasteiger partial charge in [0.1, 0.15) is 5.82 Å². The number of hydrogen-bond acceptors (Lipinski definition) is 2. The molecule has 19 heavy (non-hydrogen) atoms. The zero-order chi connectivity index (χ0) is 13.8. The van der Waals surface area contributed by atoms with Gasteiger partial charge in [-0.1, -0.05) is 15.9 Å². The fraction of sp³-hybridized carbons (Fsp3) is 0.500. The standard InChI is InChI=1S/C14H18BrFN2O/c1-2-18(9-11-4-3-7-17-11)14(19)12-6-5-10(15)8-13(12)16/h5-6,8,11,17H,2-4,7,9H2,1H3. The SMILES string of the molecule is CCN(CC1CCCN1)C(=O)c1ccc(Br)cc1F. The van der Waals surface area contributed by atoms with Crippen LogP contribution in [0.5, 0.6) is 0 Å². The summed E-state index contributed by atoms with van der Waals surface area (Å²) in [4.78, 5) is 14.0. The van der Waals surface area contributed by atoms with Crippen LogP contribution in [0.2, 0.25) is 0 Å². The molecular weight excluding hydrogens is 311 g/mol. The van der Waals surface area contributed by atoms with E-state index in [-0.39, 0.29) is 11.5 Å². The summed E-state index contributed by atoms with van der Waals surface area (Å²) < 4.78 is 14.5. The minimum atomic E-state index is -0.475. The molecular formula is C14H18BrFN2O. The smallest absolute Gasteiger partial charge is 0.256 e. The average molecular weight is 329 g/mol. The van der Waals surface area contributed by atoms with Gasteiger partial charge in [0.15, 0.2) is 0 Å². The number of rotatable bonds is 4. The van der Waals surface area contributed by atoms with Gasteiger partial charge >= 0.3 is 0 Å². The molecule has 0 spiro atoms. The molecule has 1 aliphatic rings. The average Bonchev–Trinajstić information content (AvgIpc) is 2.88. The first-order chi connectivity index (χ1) is 9.11. The van der Waals surface area contributed by atoms with Crippen molar-refractivity contribution in [2.45, 2.75) is 25.8 Å². The topological polar surface area (TPSA) is 32.3 Å². The van der Waals surface area contributed by atoms with E-state index in [0.29, 0.717) is 23.6 Å². The Balaban J connectivity index is 2.10. The summed E-state index contributed by atoms with van der Waals surface area (Å²) in [5.74, 6) is -0.710. The first kappa shape index (κ1) is 14.5. The van der Waals surface area contributed by atoms with Crippen LogP contribution in [0.4, 0.5) is 4.39 Å². The molecule has 0 bridgehead atoms. The van der Waals surface area contributed by atoms with Crippen LogP contribution in [0.15, 0.2) is 22.7 Å². The van der Waals surface area contributed by atoms with Crippen LogP contribution in [0, 0.1) is 5.82 Å². The summed E-state index contributed by atoms with van der Waals surface area (Å²) in [5, 5.41) is 3.36. The number of amides is 1. The first-order valence-electron chi connectivity index (χ1n) is 6.59. The predicted octanol–water partition coefficient (Wildman–Crippen LogP) is 2.80. The van der Waals surface area contributed by atoms with E-state index in [1.54, 1.807) is 11.0 Å². The Kier molecular flexibility index (Phi) is 4.93. The quantitative estimate of drug-likeness (QED) is 0.921. The second kappa shape index (κ2) is 6.48. The maximum atomic E-state index is 13.8. The zero-order valence-corrected chi connectivity index (χ0v) is 12.5. The molecule has 0 radical (unpaired) electrons. The van der Waals surface area contributed by atoms with E-state index in [1.165, 1.54) is 12.1 Å². The molecule has 2 rings (SSSR count). The zero-order valence-electron chi connectivity index (χ0n) is 11.0. The van der Waals surface area contributed by atoms with Gasteiger partial charge in [-0.05, 0) is 44.5 Å². The Bertz CT molecular complexity index is 461. The van der Waals surface area contributed by atoms with Crippen molar-refractivity contribution >= 4 is 21.8 Å². The summed E-state index contributed by atoms with van der Waals surface area (Å²) in [6, 6.07) is 4.89. The van der Waals surface area contributed by atoms with E-state index >= 15 is 0 Å². The number of nitrogens with zero attached hydrogens (tertiary/aromatic N) is 1. The summed E-state index contributed by atoms with van der Waals surface area (Å²) in [7, 11) is 0. The molecule has 5 heteroatoms. The van der Waals surface area contributed by atoms with Crippen molar-refractivity contribution in [1.82, 2.24) is 10.2 Å². The lowest BCUT2D eigenvalue weighted by atomic mass is 10.1. The minimum absolute atomic E-state index is 0.142. The van der Waals surface area contributed by atoms with Crippen LogP contribution in [-0.4, -0.2) is 36.5 Å². The Hall–Kier alpha value is -0.940. The van der Waals surface area contributed by atoms with E-state index in [2.05, 4.69) is 21.2 Å². The number of benzene rings is 1. The van der Waals surface area contributed by atoms with Gasteiger partial charge in [0.2, 0.25) is 0 Å². The second-order valence-electron chi connectivity index (χ2n) is 4.76. The molecule has 1 N–H and O–H groups in total. The Labute approximate surface area is 121 Å². The van der Waals surface area contributed by atoms with Crippen LogP contribution < -0.4 is 5.32 Å². The van der Waals surface area contributed by atoms with E-state index in [9.17, 15) is 9.18 Å². The van der Waals surface area contributed by atoms with Crippen molar-refractivity contribution in [3.8, 4) is 0 Å².